The Morgan fingerprint density at radius 2 is 1.97 bits per heavy atom. The Labute approximate surface area is 203 Å². The maximum absolute atomic E-state index is 14.3. The number of aliphatic carboxylic acids is 1. The zero-order chi connectivity index (χ0) is 24.5. The van der Waals surface area contributed by atoms with E-state index in [1.54, 1.807) is 13.1 Å². The van der Waals surface area contributed by atoms with E-state index in [-0.39, 0.29) is 17.6 Å². The molecule has 182 valence electrons. The Morgan fingerprint density at radius 1 is 1.14 bits per heavy atom. The van der Waals surface area contributed by atoms with Gasteiger partial charge in [0.1, 0.15) is 11.9 Å². The third-order valence-corrected chi connectivity index (χ3v) is 7.03. The summed E-state index contributed by atoms with van der Waals surface area (Å²) in [4.78, 5) is 24.6. The molecule has 0 bridgehead atoms. The van der Waals surface area contributed by atoms with Crippen LogP contribution in [0.3, 0.4) is 0 Å². The molecule has 0 saturated heterocycles. The van der Waals surface area contributed by atoms with Gasteiger partial charge in [-0.15, -0.1) is 0 Å². The maximum atomic E-state index is 14.3. The monoisotopic (exact) mass is 477 g/mol. The number of halogens is 1. The van der Waals surface area contributed by atoms with Crippen LogP contribution in [0.4, 0.5) is 4.39 Å². The smallest absolute Gasteiger partial charge is 0.306 e. The number of carboxylic acids is 1. The second-order valence-electron chi connectivity index (χ2n) is 9.39. The zero-order valence-electron chi connectivity index (χ0n) is 19.8. The number of carboxylic acid groups (broad SMARTS) is 1. The van der Waals surface area contributed by atoms with Gasteiger partial charge in [-0.1, -0.05) is 19.1 Å². The lowest BCUT2D eigenvalue weighted by atomic mass is 9.82. The highest BCUT2D eigenvalue weighted by Crippen LogP contribution is 2.48. The van der Waals surface area contributed by atoms with E-state index >= 15 is 0 Å². The van der Waals surface area contributed by atoms with Crippen molar-refractivity contribution in [2.75, 3.05) is 7.11 Å². The van der Waals surface area contributed by atoms with E-state index in [9.17, 15) is 14.3 Å². The van der Waals surface area contributed by atoms with Crippen molar-refractivity contribution in [1.29, 1.82) is 0 Å². The molecule has 1 fully saturated rings. The largest absolute Gasteiger partial charge is 0.484 e. The van der Waals surface area contributed by atoms with Gasteiger partial charge in [-0.2, -0.15) is 0 Å². The topological polar surface area (TPSA) is 94.4 Å². The summed E-state index contributed by atoms with van der Waals surface area (Å²) in [6.07, 6.45) is 8.68. The molecule has 0 spiro atoms. The third-order valence-electron chi connectivity index (χ3n) is 7.03. The van der Waals surface area contributed by atoms with Crippen molar-refractivity contribution in [3.8, 4) is 22.9 Å². The molecule has 3 atom stereocenters. The molecule has 1 aliphatic carbocycles. The fourth-order valence-corrected chi connectivity index (χ4v) is 4.94. The van der Waals surface area contributed by atoms with E-state index < -0.39 is 17.7 Å². The van der Waals surface area contributed by atoms with Crippen molar-refractivity contribution in [2.45, 2.75) is 51.0 Å². The zero-order valence-corrected chi connectivity index (χ0v) is 19.8. The van der Waals surface area contributed by atoms with Crippen LogP contribution in [0.5, 0.6) is 11.6 Å². The number of ether oxygens (including phenoxy) is 2. The predicted molar refractivity (Wildman–Crippen MR) is 127 cm³/mol. The van der Waals surface area contributed by atoms with Crippen LogP contribution in [-0.4, -0.2) is 33.1 Å². The van der Waals surface area contributed by atoms with Gasteiger partial charge in [0.15, 0.2) is 5.82 Å². The molecule has 1 aliphatic heterocycles. The van der Waals surface area contributed by atoms with Crippen LogP contribution in [0, 0.1) is 17.7 Å². The van der Waals surface area contributed by atoms with Gasteiger partial charge in [0.05, 0.1) is 43.0 Å². The van der Waals surface area contributed by atoms with Crippen LogP contribution in [0.2, 0.25) is 0 Å². The number of hydrogen-bond acceptors (Lipinski definition) is 6. The first-order valence-electron chi connectivity index (χ1n) is 12.0. The van der Waals surface area contributed by atoms with Crippen LogP contribution in [0.25, 0.3) is 11.3 Å². The Kier molecular flexibility index (Phi) is 6.36. The number of nitrogens with zero attached hydrogens (tertiary/aromatic N) is 3. The van der Waals surface area contributed by atoms with Crippen LogP contribution < -0.4 is 9.47 Å². The van der Waals surface area contributed by atoms with Gasteiger partial charge in [0, 0.05) is 11.6 Å². The lowest BCUT2D eigenvalue weighted by Gasteiger charge is -2.23. The minimum absolute atomic E-state index is 0.0190. The van der Waals surface area contributed by atoms with Crippen molar-refractivity contribution < 1.29 is 23.8 Å². The molecule has 3 heterocycles. The molecule has 8 heteroatoms. The fraction of sp³-hybridized carbons (Fsp3) is 0.407. The van der Waals surface area contributed by atoms with Crippen LogP contribution in [0.15, 0.2) is 42.9 Å². The first-order valence-corrected chi connectivity index (χ1v) is 12.0. The van der Waals surface area contributed by atoms with Gasteiger partial charge < -0.3 is 14.6 Å². The number of rotatable bonds is 7. The van der Waals surface area contributed by atoms with Crippen LogP contribution in [-0.2, 0) is 11.2 Å². The summed E-state index contributed by atoms with van der Waals surface area (Å²) in [5.74, 6) is -0.249. The Morgan fingerprint density at radius 3 is 2.66 bits per heavy atom. The highest BCUT2D eigenvalue weighted by atomic mass is 19.1. The van der Waals surface area contributed by atoms with E-state index in [0.717, 1.165) is 55.2 Å². The summed E-state index contributed by atoms with van der Waals surface area (Å²) in [6.45, 7) is 1.79. The van der Waals surface area contributed by atoms with E-state index in [4.69, 9.17) is 9.47 Å². The highest BCUT2D eigenvalue weighted by molar-refractivity contribution is 5.71. The number of benzene rings is 1. The molecular formula is C27H28FN3O4. The standard InChI is InChI=1S/C27H28FN3O4/c1-15(27(32)33)26(17-7-8-17)18-9-6-16-4-3-5-23(35-24(16)10-18)22-14-29-21(13-30-22)19-11-25(34-2)31-12-20(19)28/h6,9-15,17,23,26H,3-5,7-8H2,1-2H3,(H,32,33)/t15-,23?,26-/m0/s1. The number of fused-ring (bicyclic) bond motifs is 1. The molecule has 0 radical (unpaired) electrons. The number of hydrogen-bond donors (Lipinski definition) is 1. The molecule has 2 aromatic heterocycles. The lowest BCUT2D eigenvalue weighted by Crippen LogP contribution is -2.20. The number of pyridine rings is 1. The molecule has 1 aromatic carbocycles. The summed E-state index contributed by atoms with van der Waals surface area (Å²) < 4.78 is 25.8. The van der Waals surface area contributed by atoms with Crippen molar-refractivity contribution >= 4 is 5.97 Å². The number of methoxy groups -OCH3 is 1. The van der Waals surface area contributed by atoms with E-state index in [0.29, 0.717) is 23.2 Å². The average molecular weight is 478 g/mol. The molecule has 5 rings (SSSR count). The minimum atomic E-state index is -0.769. The quantitative estimate of drug-likeness (QED) is 0.490. The number of carbonyl (C=O) groups is 1. The van der Waals surface area contributed by atoms with E-state index in [1.165, 1.54) is 19.4 Å². The van der Waals surface area contributed by atoms with E-state index in [1.807, 2.05) is 6.07 Å². The third kappa shape index (κ3) is 4.83. The molecule has 7 nitrogen and oxygen atoms in total. The summed E-state index contributed by atoms with van der Waals surface area (Å²) in [6, 6.07) is 7.66. The Balaban J connectivity index is 1.40. The molecule has 1 saturated carbocycles. The molecule has 0 amide bonds. The van der Waals surface area contributed by atoms with E-state index in [2.05, 4.69) is 27.1 Å². The van der Waals surface area contributed by atoms with Crippen LogP contribution in [0.1, 0.15) is 61.4 Å². The summed E-state index contributed by atoms with van der Waals surface area (Å²) >= 11 is 0. The molecule has 35 heavy (non-hydrogen) atoms. The lowest BCUT2D eigenvalue weighted by molar-refractivity contribution is -0.142. The number of aromatic nitrogens is 3. The normalized spacial score (nSPS) is 19.1. The molecular weight excluding hydrogens is 449 g/mol. The van der Waals surface area contributed by atoms with Crippen molar-refractivity contribution in [3.63, 3.8) is 0 Å². The molecule has 2 aliphatic rings. The van der Waals surface area contributed by atoms with Crippen molar-refractivity contribution in [3.05, 3.63) is 65.5 Å². The molecule has 1 unspecified atom stereocenters. The van der Waals surface area contributed by atoms with Crippen LogP contribution >= 0.6 is 0 Å². The SMILES string of the molecule is COc1cc(-c2cnc(C3CCCc4ccc([C@H](C5CC5)[C@H](C)C(=O)O)cc4O3)cn2)c(F)cn1. The Hall–Kier alpha value is -3.55. The summed E-state index contributed by atoms with van der Waals surface area (Å²) in [5, 5.41) is 9.64. The summed E-state index contributed by atoms with van der Waals surface area (Å²) in [5.41, 5.74) is 3.46. The van der Waals surface area contributed by atoms with Gasteiger partial charge in [-0.05, 0) is 61.1 Å². The Bertz CT molecular complexity index is 1230. The minimum Gasteiger partial charge on any atom is -0.484 e. The van der Waals surface area contributed by atoms with Gasteiger partial charge in [0.25, 0.3) is 0 Å². The van der Waals surface area contributed by atoms with Crippen molar-refractivity contribution in [1.82, 2.24) is 15.0 Å². The second kappa shape index (κ2) is 9.60. The van der Waals surface area contributed by atoms with Gasteiger partial charge in [-0.3, -0.25) is 14.8 Å². The highest BCUT2D eigenvalue weighted by Gasteiger charge is 2.39. The van der Waals surface area contributed by atoms with Gasteiger partial charge >= 0.3 is 5.97 Å². The summed E-state index contributed by atoms with van der Waals surface area (Å²) in [7, 11) is 1.47. The molecule has 3 aromatic rings. The van der Waals surface area contributed by atoms with Gasteiger partial charge in [0.2, 0.25) is 5.88 Å². The van der Waals surface area contributed by atoms with Crippen molar-refractivity contribution in [2.24, 2.45) is 11.8 Å². The van der Waals surface area contributed by atoms with Gasteiger partial charge in [-0.25, -0.2) is 9.37 Å². The first kappa shape index (κ1) is 23.2. The fourth-order valence-electron chi connectivity index (χ4n) is 4.94. The first-order chi connectivity index (χ1) is 16.9. The predicted octanol–water partition coefficient (Wildman–Crippen LogP) is 5.36. The molecule has 1 N–H and O–H groups in total. The second-order valence-corrected chi connectivity index (χ2v) is 9.39. The number of aryl methyl sites for hydroxylation is 1. The maximum Gasteiger partial charge on any atom is 0.306 e. The average Bonchev–Trinajstić information content (AvgIpc) is 3.71.